The summed E-state index contributed by atoms with van der Waals surface area (Å²) in [7, 11) is 0. The summed E-state index contributed by atoms with van der Waals surface area (Å²) < 4.78 is 11.0. The van der Waals surface area contributed by atoms with Crippen LogP contribution < -0.4 is 4.74 Å². The normalized spacial score (nSPS) is 13.6. The van der Waals surface area contributed by atoms with Gasteiger partial charge in [0.05, 0.1) is 18.5 Å². The molecule has 0 radical (unpaired) electrons. The molecule has 4 rings (SSSR count). The predicted octanol–water partition coefficient (Wildman–Crippen LogP) is 4.43. The van der Waals surface area contributed by atoms with Crippen molar-refractivity contribution in [3.63, 3.8) is 0 Å². The van der Waals surface area contributed by atoms with E-state index in [1.54, 1.807) is 23.5 Å². The second-order valence-electron chi connectivity index (χ2n) is 6.48. The van der Waals surface area contributed by atoms with Gasteiger partial charge >= 0.3 is 0 Å². The molecule has 0 atom stereocenters. The molecule has 0 bridgehead atoms. The second kappa shape index (κ2) is 7.33. The van der Waals surface area contributed by atoms with Crippen molar-refractivity contribution in [3.8, 4) is 5.75 Å². The van der Waals surface area contributed by atoms with Crippen LogP contribution >= 0.6 is 11.3 Å². The van der Waals surface area contributed by atoms with E-state index in [2.05, 4.69) is 4.98 Å². The summed E-state index contributed by atoms with van der Waals surface area (Å²) in [5.74, 6) is 1.15. The maximum atomic E-state index is 12.6. The maximum Gasteiger partial charge on any atom is 0.290 e. The van der Waals surface area contributed by atoms with Gasteiger partial charge in [-0.3, -0.25) is 4.79 Å². The lowest BCUT2D eigenvalue weighted by Gasteiger charge is -2.20. The molecule has 134 valence electrons. The van der Waals surface area contributed by atoms with Crippen molar-refractivity contribution in [3.05, 3.63) is 70.1 Å². The molecule has 3 aromatic rings. The number of aryl methyl sites for hydroxylation is 1. The number of hydrogen-bond donors (Lipinski definition) is 0. The molecule has 0 spiro atoms. The highest BCUT2D eigenvalue weighted by Gasteiger charge is 2.34. The van der Waals surface area contributed by atoms with Crippen LogP contribution in [-0.2, 0) is 13.2 Å². The third-order valence-electron chi connectivity index (χ3n) is 4.30. The van der Waals surface area contributed by atoms with E-state index in [1.807, 2.05) is 41.5 Å². The Morgan fingerprint density at radius 3 is 2.81 bits per heavy atom. The first-order valence-electron chi connectivity index (χ1n) is 8.66. The van der Waals surface area contributed by atoms with Crippen LogP contribution in [0, 0.1) is 6.92 Å². The third kappa shape index (κ3) is 3.96. The summed E-state index contributed by atoms with van der Waals surface area (Å²) in [4.78, 5) is 19.1. The van der Waals surface area contributed by atoms with Gasteiger partial charge in [-0.2, -0.15) is 0 Å². The monoisotopic (exact) mass is 368 g/mol. The van der Waals surface area contributed by atoms with Gasteiger partial charge in [-0.05, 0) is 44.0 Å². The molecule has 1 aliphatic rings. The lowest BCUT2D eigenvalue weighted by atomic mass is 10.2. The minimum atomic E-state index is -0.0667. The van der Waals surface area contributed by atoms with E-state index in [4.69, 9.17) is 9.15 Å². The maximum absolute atomic E-state index is 12.6. The van der Waals surface area contributed by atoms with Crippen LogP contribution in [0.25, 0.3) is 0 Å². The van der Waals surface area contributed by atoms with E-state index in [0.717, 1.165) is 29.3 Å². The average molecular weight is 368 g/mol. The fraction of sp³-hybridized carbons (Fsp3) is 0.300. The number of aromatic nitrogens is 1. The fourth-order valence-electron chi connectivity index (χ4n) is 2.74. The Kier molecular flexibility index (Phi) is 4.75. The molecule has 1 aliphatic carbocycles. The number of amides is 1. The number of benzene rings is 1. The smallest absolute Gasteiger partial charge is 0.290 e. The molecule has 1 saturated carbocycles. The Labute approximate surface area is 156 Å². The van der Waals surface area contributed by atoms with Crippen LogP contribution in [0.1, 0.15) is 39.7 Å². The first kappa shape index (κ1) is 16.8. The van der Waals surface area contributed by atoms with Crippen molar-refractivity contribution in [2.75, 3.05) is 0 Å². The molecule has 2 heterocycles. The molecule has 1 aromatic carbocycles. The van der Waals surface area contributed by atoms with Gasteiger partial charge in [-0.25, -0.2) is 4.98 Å². The van der Waals surface area contributed by atoms with E-state index in [9.17, 15) is 4.79 Å². The van der Waals surface area contributed by atoms with E-state index in [1.165, 1.54) is 11.8 Å². The van der Waals surface area contributed by atoms with Crippen LogP contribution in [0.15, 0.2) is 52.5 Å². The van der Waals surface area contributed by atoms with E-state index >= 15 is 0 Å². The van der Waals surface area contributed by atoms with Crippen LogP contribution in [-0.4, -0.2) is 21.8 Å². The Bertz CT molecular complexity index is 867. The van der Waals surface area contributed by atoms with Gasteiger partial charge in [0, 0.05) is 11.4 Å². The van der Waals surface area contributed by atoms with Gasteiger partial charge in [0.15, 0.2) is 5.76 Å². The van der Waals surface area contributed by atoms with Gasteiger partial charge in [-0.15, -0.1) is 11.3 Å². The number of carbonyl (C=O) groups is 1. The van der Waals surface area contributed by atoms with Gasteiger partial charge in [0.25, 0.3) is 5.91 Å². The van der Waals surface area contributed by atoms with Crippen molar-refractivity contribution in [1.82, 2.24) is 9.88 Å². The first-order chi connectivity index (χ1) is 12.7. The number of furan rings is 1. The molecule has 1 amide bonds. The zero-order valence-corrected chi connectivity index (χ0v) is 15.4. The quantitative estimate of drug-likeness (QED) is 0.619. The molecule has 0 aliphatic heterocycles. The van der Waals surface area contributed by atoms with Crippen molar-refractivity contribution in [2.24, 2.45) is 0 Å². The highest BCUT2D eigenvalue weighted by molar-refractivity contribution is 7.09. The van der Waals surface area contributed by atoms with Gasteiger partial charge in [-0.1, -0.05) is 17.7 Å². The van der Waals surface area contributed by atoms with E-state index < -0.39 is 0 Å². The van der Waals surface area contributed by atoms with Crippen LogP contribution in [0.5, 0.6) is 5.75 Å². The summed E-state index contributed by atoms with van der Waals surface area (Å²) in [6.07, 6.45) is 3.61. The fourth-order valence-corrected chi connectivity index (χ4v) is 3.43. The highest BCUT2D eigenvalue weighted by atomic mass is 32.1. The summed E-state index contributed by atoms with van der Waals surface area (Å²) in [5.41, 5.74) is 2.10. The Balaban J connectivity index is 1.39. The first-order valence-corrected chi connectivity index (χ1v) is 9.54. The number of ether oxygens (including phenoxy) is 1. The van der Waals surface area contributed by atoms with Crippen molar-refractivity contribution in [1.29, 1.82) is 0 Å². The summed E-state index contributed by atoms with van der Waals surface area (Å²) >= 11 is 1.56. The van der Waals surface area contributed by atoms with Gasteiger partial charge in [0.2, 0.25) is 0 Å². The lowest BCUT2D eigenvalue weighted by molar-refractivity contribution is 0.0695. The number of nitrogens with zero attached hydrogens (tertiary/aromatic N) is 2. The Morgan fingerprint density at radius 1 is 1.31 bits per heavy atom. The molecular weight excluding hydrogens is 348 g/mol. The molecule has 0 N–H and O–H groups in total. The molecule has 6 heteroatoms. The van der Waals surface area contributed by atoms with Gasteiger partial charge in [0.1, 0.15) is 17.4 Å². The molecule has 5 nitrogen and oxygen atoms in total. The molecule has 0 saturated heterocycles. The predicted molar refractivity (Wildman–Crippen MR) is 99.2 cm³/mol. The molecule has 0 unspecified atom stereocenters. The largest absolute Gasteiger partial charge is 0.486 e. The molecule has 26 heavy (non-hydrogen) atoms. The van der Waals surface area contributed by atoms with Crippen LogP contribution in [0.2, 0.25) is 0 Å². The topological polar surface area (TPSA) is 55.6 Å². The Hall–Kier alpha value is -2.60. The Morgan fingerprint density at radius 2 is 2.12 bits per heavy atom. The van der Waals surface area contributed by atoms with Crippen molar-refractivity contribution >= 4 is 17.2 Å². The summed E-state index contributed by atoms with van der Waals surface area (Å²) in [6.45, 7) is 2.99. The van der Waals surface area contributed by atoms with E-state index in [0.29, 0.717) is 25.0 Å². The van der Waals surface area contributed by atoms with Gasteiger partial charge < -0.3 is 14.1 Å². The molecule has 1 fully saturated rings. The average Bonchev–Trinajstić information content (AvgIpc) is 3.16. The number of carbonyl (C=O) groups excluding carboxylic acids is 1. The second-order valence-corrected chi connectivity index (χ2v) is 7.42. The zero-order chi connectivity index (χ0) is 17.9. The lowest BCUT2D eigenvalue weighted by Crippen LogP contribution is -2.32. The zero-order valence-electron chi connectivity index (χ0n) is 14.6. The minimum absolute atomic E-state index is 0.0667. The standard InChI is InChI=1S/C20H20N2O3S/c1-14-4-8-17(9-5-14)25-12-19-21-15(13-26-19)11-22(16-6-7-16)20(23)18-3-2-10-24-18/h2-5,8-10,13,16H,6-7,11-12H2,1H3. The van der Waals surface area contributed by atoms with Crippen molar-refractivity contribution < 1.29 is 13.9 Å². The third-order valence-corrected chi connectivity index (χ3v) is 5.17. The van der Waals surface area contributed by atoms with Crippen LogP contribution in [0.3, 0.4) is 0 Å². The molecular formula is C20H20N2O3S. The minimum Gasteiger partial charge on any atom is -0.486 e. The van der Waals surface area contributed by atoms with E-state index in [-0.39, 0.29) is 5.91 Å². The number of rotatable bonds is 7. The molecule has 2 aromatic heterocycles. The number of hydrogen-bond acceptors (Lipinski definition) is 5. The van der Waals surface area contributed by atoms with Crippen LogP contribution in [0.4, 0.5) is 0 Å². The SMILES string of the molecule is Cc1ccc(OCc2nc(CN(C(=O)c3ccco3)C3CC3)cs2)cc1. The summed E-state index contributed by atoms with van der Waals surface area (Å²) in [5, 5.41) is 2.90. The van der Waals surface area contributed by atoms with Crippen molar-refractivity contribution in [2.45, 2.75) is 39.0 Å². The summed E-state index contributed by atoms with van der Waals surface area (Å²) in [6, 6.07) is 11.7. The number of thiazole rings is 1. The highest BCUT2D eigenvalue weighted by Crippen LogP contribution is 2.30.